The number of aryl methyl sites for hydroxylation is 1. The van der Waals surface area contributed by atoms with Gasteiger partial charge in [-0.25, -0.2) is 0 Å². The molecule has 17 heavy (non-hydrogen) atoms. The summed E-state index contributed by atoms with van der Waals surface area (Å²) in [5.74, 6) is -0.119. The number of phenolic OH excluding ortho intramolecular Hbond substituents is 1. The number of aromatic hydroxyl groups is 1. The molecule has 0 saturated heterocycles. The average Bonchev–Trinajstić information content (AvgIpc) is 2.84. The number of nitrogens with zero attached hydrogens (tertiary/aromatic N) is 1. The standard InChI is InChI=1S/C14H15NO2/c1-10-7-12(11(2)9-16)14(17)8-13(10)15-5-3-4-6-15/h3-9,11,17H,1-2H3. The maximum atomic E-state index is 10.8. The summed E-state index contributed by atoms with van der Waals surface area (Å²) in [4.78, 5) is 10.8. The van der Waals surface area contributed by atoms with E-state index in [-0.39, 0.29) is 11.7 Å². The molecule has 0 fully saturated rings. The van der Waals surface area contributed by atoms with Gasteiger partial charge in [0, 0.05) is 29.9 Å². The molecule has 3 heteroatoms. The molecule has 3 nitrogen and oxygen atoms in total. The zero-order chi connectivity index (χ0) is 12.4. The first-order valence-corrected chi connectivity index (χ1v) is 5.55. The fraction of sp³-hybridized carbons (Fsp3) is 0.214. The highest BCUT2D eigenvalue weighted by atomic mass is 16.3. The van der Waals surface area contributed by atoms with Gasteiger partial charge in [-0.15, -0.1) is 0 Å². The van der Waals surface area contributed by atoms with E-state index in [2.05, 4.69) is 0 Å². The third-order valence-electron chi connectivity index (χ3n) is 2.92. The van der Waals surface area contributed by atoms with Crippen LogP contribution in [0.25, 0.3) is 5.69 Å². The van der Waals surface area contributed by atoms with Crippen molar-refractivity contribution in [3.05, 3.63) is 47.8 Å². The van der Waals surface area contributed by atoms with Gasteiger partial charge in [0.1, 0.15) is 12.0 Å². The summed E-state index contributed by atoms with van der Waals surface area (Å²) in [6, 6.07) is 7.42. The number of benzene rings is 1. The molecule has 0 radical (unpaired) electrons. The van der Waals surface area contributed by atoms with E-state index >= 15 is 0 Å². The van der Waals surface area contributed by atoms with Gasteiger partial charge in [0.2, 0.25) is 0 Å². The number of aldehydes is 1. The summed E-state index contributed by atoms with van der Waals surface area (Å²) in [6.45, 7) is 3.74. The Morgan fingerprint density at radius 3 is 2.53 bits per heavy atom. The van der Waals surface area contributed by atoms with Crippen LogP contribution in [0.3, 0.4) is 0 Å². The first-order valence-electron chi connectivity index (χ1n) is 5.55. The summed E-state index contributed by atoms with van der Waals surface area (Å²) in [5.41, 5.74) is 2.63. The van der Waals surface area contributed by atoms with Gasteiger partial charge in [0.25, 0.3) is 0 Å². The maximum Gasteiger partial charge on any atom is 0.127 e. The summed E-state index contributed by atoms with van der Waals surface area (Å²) in [5, 5.41) is 9.94. The molecule has 0 aliphatic rings. The van der Waals surface area contributed by atoms with Crippen LogP contribution in [-0.4, -0.2) is 16.0 Å². The molecule has 1 atom stereocenters. The Hall–Kier alpha value is -2.03. The van der Waals surface area contributed by atoms with Crippen LogP contribution in [0.1, 0.15) is 24.0 Å². The van der Waals surface area contributed by atoms with Gasteiger partial charge in [-0.05, 0) is 30.7 Å². The topological polar surface area (TPSA) is 42.2 Å². The number of phenols is 1. The highest BCUT2D eigenvalue weighted by molar-refractivity contribution is 5.65. The lowest BCUT2D eigenvalue weighted by atomic mass is 9.98. The quantitative estimate of drug-likeness (QED) is 0.822. The maximum absolute atomic E-state index is 10.8. The Bertz CT molecular complexity index is 529. The molecule has 2 rings (SSSR count). The normalized spacial score (nSPS) is 12.4. The molecule has 0 saturated carbocycles. The van der Waals surface area contributed by atoms with Crippen molar-refractivity contribution < 1.29 is 9.90 Å². The van der Waals surface area contributed by atoms with Crippen molar-refractivity contribution in [3.8, 4) is 11.4 Å². The summed E-state index contributed by atoms with van der Waals surface area (Å²) < 4.78 is 1.93. The molecule has 1 unspecified atom stereocenters. The van der Waals surface area contributed by atoms with E-state index < -0.39 is 0 Å². The molecule has 1 aromatic carbocycles. The van der Waals surface area contributed by atoms with Crippen molar-refractivity contribution in [2.24, 2.45) is 0 Å². The molecule has 88 valence electrons. The second kappa shape index (κ2) is 4.45. The predicted octanol–water partition coefficient (Wildman–Crippen LogP) is 2.79. The van der Waals surface area contributed by atoms with Gasteiger partial charge in [-0.2, -0.15) is 0 Å². The second-order valence-electron chi connectivity index (χ2n) is 4.21. The number of aromatic nitrogens is 1. The Balaban J connectivity index is 2.52. The first kappa shape index (κ1) is 11.5. The van der Waals surface area contributed by atoms with Crippen LogP contribution >= 0.6 is 0 Å². The number of hydrogen-bond acceptors (Lipinski definition) is 2. The number of carbonyl (C=O) groups is 1. The van der Waals surface area contributed by atoms with Crippen LogP contribution in [0.4, 0.5) is 0 Å². The molecule has 2 aromatic rings. The van der Waals surface area contributed by atoms with Crippen LogP contribution in [0.15, 0.2) is 36.7 Å². The lowest BCUT2D eigenvalue weighted by molar-refractivity contribution is -0.108. The van der Waals surface area contributed by atoms with Crippen molar-refractivity contribution in [3.63, 3.8) is 0 Å². The third-order valence-corrected chi connectivity index (χ3v) is 2.92. The fourth-order valence-electron chi connectivity index (χ4n) is 1.92. The fourth-order valence-corrected chi connectivity index (χ4v) is 1.92. The summed E-state index contributed by atoms with van der Waals surface area (Å²) in [6.07, 6.45) is 4.68. The molecule has 1 aromatic heterocycles. The zero-order valence-corrected chi connectivity index (χ0v) is 9.92. The van der Waals surface area contributed by atoms with E-state index in [1.165, 1.54) is 0 Å². The number of carbonyl (C=O) groups excluding carboxylic acids is 1. The van der Waals surface area contributed by atoms with Crippen molar-refractivity contribution in [2.45, 2.75) is 19.8 Å². The Labute approximate surface area is 100 Å². The highest BCUT2D eigenvalue weighted by Crippen LogP contribution is 2.29. The molecular weight excluding hydrogens is 214 g/mol. The van der Waals surface area contributed by atoms with Gasteiger partial charge >= 0.3 is 0 Å². The van der Waals surface area contributed by atoms with E-state index in [9.17, 15) is 9.90 Å². The first-order chi connectivity index (χ1) is 8.13. The van der Waals surface area contributed by atoms with Crippen molar-refractivity contribution >= 4 is 6.29 Å². The van der Waals surface area contributed by atoms with Gasteiger partial charge in [-0.3, -0.25) is 0 Å². The Morgan fingerprint density at radius 1 is 1.29 bits per heavy atom. The molecular formula is C14H15NO2. The lowest BCUT2D eigenvalue weighted by Gasteiger charge is -2.13. The molecule has 0 aliphatic carbocycles. The minimum Gasteiger partial charge on any atom is -0.508 e. The van der Waals surface area contributed by atoms with Crippen LogP contribution in [0.5, 0.6) is 5.75 Å². The molecule has 0 spiro atoms. The highest BCUT2D eigenvalue weighted by Gasteiger charge is 2.12. The SMILES string of the molecule is Cc1cc(C(C)C=O)c(O)cc1-n1cccc1. The van der Waals surface area contributed by atoms with E-state index in [0.29, 0.717) is 5.56 Å². The van der Waals surface area contributed by atoms with E-state index in [0.717, 1.165) is 17.5 Å². The monoisotopic (exact) mass is 229 g/mol. The second-order valence-corrected chi connectivity index (χ2v) is 4.21. The Morgan fingerprint density at radius 2 is 1.94 bits per heavy atom. The Kier molecular flexibility index (Phi) is 3.00. The minimum atomic E-state index is -0.285. The van der Waals surface area contributed by atoms with Gasteiger partial charge in [-0.1, -0.05) is 6.92 Å². The summed E-state index contributed by atoms with van der Waals surface area (Å²) in [7, 11) is 0. The molecule has 0 aliphatic heterocycles. The van der Waals surface area contributed by atoms with Crippen LogP contribution < -0.4 is 0 Å². The molecule has 1 heterocycles. The van der Waals surface area contributed by atoms with E-state index in [1.54, 1.807) is 13.0 Å². The van der Waals surface area contributed by atoms with E-state index in [4.69, 9.17) is 0 Å². The molecule has 0 bridgehead atoms. The van der Waals surface area contributed by atoms with E-state index in [1.807, 2.05) is 42.1 Å². The van der Waals surface area contributed by atoms with Crippen molar-refractivity contribution in [1.29, 1.82) is 0 Å². The van der Waals surface area contributed by atoms with Crippen LogP contribution in [0, 0.1) is 6.92 Å². The van der Waals surface area contributed by atoms with Crippen LogP contribution in [-0.2, 0) is 4.79 Å². The van der Waals surface area contributed by atoms with Crippen molar-refractivity contribution in [2.75, 3.05) is 0 Å². The largest absolute Gasteiger partial charge is 0.508 e. The third kappa shape index (κ3) is 2.09. The molecule has 1 N–H and O–H groups in total. The number of hydrogen-bond donors (Lipinski definition) is 1. The lowest BCUT2D eigenvalue weighted by Crippen LogP contribution is -2.00. The average molecular weight is 229 g/mol. The summed E-state index contributed by atoms with van der Waals surface area (Å²) >= 11 is 0. The van der Waals surface area contributed by atoms with Gasteiger partial charge in [0.05, 0.1) is 5.69 Å². The molecule has 0 amide bonds. The smallest absolute Gasteiger partial charge is 0.127 e. The minimum absolute atomic E-state index is 0.166. The van der Waals surface area contributed by atoms with Crippen molar-refractivity contribution in [1.82, 2.24) is 4.57 Å². The van der Waals surface area contributed by atoms with Gasteiger partial charge < -0.3 is 14.5 Å². The number of rotatable bonds is 3. The van der Waals surface area contributed by atoms with Crippen LogP contribution in [0.2, 0.25) is 0 Å². The van der Waals surface area contributed by atoms with Gasteiger partial charge in [0.15, 0.2) is 0 Å². The zero-order valence-electron chi connectivity index (χ0n) is 9.92. The predicted molar refractivity (Wildman–Crippen MR) is 66.6 cm³/mol.